The summed E-state index contributed by atoms with van der Waals surface area (Å²) in [4.78, 5) is 4.92. The lowest BCUT2D eigenvalue weighted by molar-refractivity contribution is 0.590. The maximum absolute atomic E-state index is 2.69. The minimum atomic E-state index is -0.115. The molecule has 0 fully saturated rings. The third-order valence-corrected chi connectivity index (χ3v) is 19.3. The van der Waals surface area contributed by atoms with Crippen LogP contribution in [0.3, 0.4) is 0 Å². The van der Waals surface area contributed by atoms with Crippen LogP contribution in [-0.4, -0.2) is 20.4 Å². The van der Waals surface area contributed by atoms with Gasteiger partial charge in [-0.05, 0) is 169 Å². The van der Waals surface area contributed by atoms with Crippen molar-refractivity contribution in [2.75, 3.05) is 9.80 Å². The zero-order valence-corrected chi connectivity index (χ0v) is 52.8. The van der Waals surface area contributed by atoms with E-state index in [0.717, 1.165) is 50.8 Å². The van der Waals surface area contributed by atoms with Crippen LogP contribution in [0.2, 0.25) is 0 Å². The molecule has 0 bridgehead atoms. The van der Waals surface area contributed by atoms with Gasteiger partial charge in [0.15, 0.2) is 0 Å². The average molecular weight is 1140 g/mol. The van der Waals surface area contributed by atoms with Crippen LogP contribution in [0.1, 0.15) is 105 Å². The van der Waals surface area contributed by atoms with E-state index >= 15 is 0 Å². The molecule has 0 N–H and O–H groups in total. The van der Waals surface area contributed by atoms with Crippen molar-refractivity contribution in [2.24, 2.45) is 0 Å². The molecule has 16 rings (SSSR count). The van der Waals surface area contributed by atoms with E-state index in [0.29, 0.717) is 0 Å². The molecule has 2 aliphatic heterocycles. The fraction of sp³-hybridized carbons (Fsp3) is 0.195. The molecular formula is C82H74BN5. The van der Waals surface area contributed by atoms with Crippen LogP contribution in [0.4, 0.5) is 34.1 Å². The molecule has 14 aromatic rings. The summed E-state index contributed by atoms with van der Waals surface area (Å²) in [6, 6.07) is 87.7. The molecule has 0 atom stereocenters. The highest BCUT2D eigenvalue weighted by Crippen LogP contribution is 2.50. The van der Waals surface area contributed by atoms with Crippen molar-refractivity contribution in [2.45, 2.75) is 105 Å². The van der Waals surface area contributed by atoms with Crippen LogP contribution in [0, 0.1) is 0 Å². The summed E-state index contributed by atoms with van der Waals surface area (Å²) < 4.78 is 8.02. The number of benzene rings is 11. The van der Waals surface area contributed by atoms with Gasteiger partial charge in [-0.15, -0.1) is 0 Å². The summed E-state index contributed by atoms with van der Waals surface area (Å²) in [5.74, 6) is 0. The predicted octanol–water partition coefficient (Wildman–Crippen LogP) is 20.3. The highest BCUT2D eigenvalue weighted by atomic mass is 15.2. The van der Waals surface area contributed by atoms with Gasteiger partial charge in [-0.3, -0.25) is 0 Å². The predicted molar refractivity (Wildman–Crippen MR) is 378 cm³/mol. The van der Waals surface area contributed by atoms with Crippen molar-refractivity contribution in [1.29, 1.82) is 0 Å². The standard InChI is InChI=1S/C82H74BN5/c1-79(2,3)51-39-41-68-62(43-51)64-45-53(81(7,8)9)47-66-75(64)87(68)72-49-59(50-73-74(72)83(66)67-48-54(82(10,11)12)46-65-63-44-52(80(4,5)6)40-42-69(63)88(73)76(65)67)86-77-60(35-25-37-70(77)84(55-27-17-13-18-28-55)56-29-19-14-20-30-56)61-36-26-38-71(78(61)86)85(57-31-21-15-22-32-57)58-33-23-16-24-34-58/h13-50H,1-12H3. The van der Waals surface area contributed by atoms with Gasteiger partial charge in [0.2, 0.25) is 0 Å². The summed E-state index contributed by atoms with van der Waals surface area (Å²) in [7, 11) is 0. The molecule has 0 amide bonds. The first-order chi connectivity index (χ1) is 42.2. The van der Waals surface area contributed by atoms with Crippen LogP contribution in [0.5, 0.6) is 0 Å². The highest BCUT2D eigenvalue weighted by molar-refractivity contribution is 7.00. The molecule has 5 heterocycles. The monoisotopic (exact) mass is 1140 g/mol. The molecule has 88 heavy (non-hydrogen) atoms. The molecule has 430 valence electrons. The Bertz CT molecular complexity index is 4770. The zero-order valence-electron chi connectivity index (χ0n) is 52.8. The lowest BCUT2D eigenvalue weighted by atomic mass is 9.34. The van der Waals surface area contributed by atoms with Crippen LogP contribution < -0.4 is 26.2 Å². The van der Waals surface area contributed by atoms with E-state index in [2.05, 4.69) is 337 Å². The summed E-state index contributed by atoms with van der Waals surface area (Å²) in [6.45, 7) is 28.4. The van der Waals surface area contributed by atoms with Crippen molar-refractivity contribution in [3.05, 3.63) is 253 Å². The van der Waals surface area contributed by atoms with Gasteiger partial charge in [0.1, 0.15) is 0 Å². The Hall–Kier alpha value is -9.52. The average Bonchev–Trinajstić information content (AvgIpc) is 1.44. The molecule has 3 aromatic heterocycles. The van der Waals surface area contributed by atoms with Gasteiger partial charge in [-0.25, -0.2) is 0 Å². The van der Waals surface area contributed by atoms with Crippen molar-refractivity contribution < 1.29 is 0 Å². The Morgan fingerprint density at radius 3 is 0.966 bits per heavy atom. The Balaban J connectivity index is 1.14. The number of anilines is 6. The number of para-hydroxylation sites is 6. The Kier molecular flexibility index (Phi) is 11.6. The molecule has 6 heteroatoms. The summed E-state index contributed by atoms with van der Waals surface area (Å²) in [5.41, 5.74) is 26.4. The van der Waals surface area contributed by atoms with Crippen LogP contribution in [0.15, 0.2) is 231 Å². The van der Waals surface area contributed by atoms with Gasteiger partial charge in [0, 0.05) is 77.5 Å². The van der Waals surface area contributed by atoms with Gasteiger partial charge in [0.05, 0.1) is 39.1 Å². The number of hydrogen-bond donors (Lipinski definition) is 0. The first-order valence-corrected chi connectivity index (χ1v) is 31.5. The Morgan fingerprint density at radius 2 is 0.625 bits per heavy atom. The molecule has 2 aliphatic rings. The summed E-state index contributed by atoms with van der Waals surface area (Å²) in [5, 5.41) is 7.56. The molecule has 0 saturated carbocycles. The second-order valence-corrected chi connectivity index (χ2v) is 29.1. The number of fused-ring (bicyclic) bond motifs is 13. The van der Waals surface area contributed by atoms with E-state index in [4.69, 9.17) is 0 Å². The summed E-state index contributed by atoms with van der Waals surface area (Å²) >= 11 is 0. The fourth-order valence-electron chi connectivity index (χ4n) is 14.8. The minimum absolute atomic E-state index is 0.0554. The zero-order chi connectivity index (χ0) is 60.5. The molecule has 0 unspecified atom stereocenters. The van der Waals surface area contributed by atoms with E-state index < -0.39 is 0 Å². The highest BCUT2D eigenvalue weighted by Gasteiger charge is 2.43. The normalized spacial score (nSPS) is 13.2. The van der Waals surface area contributed by atoms with Crippen LogP contribution in [-0.2, 0) is 21.7 Å². The van der Waals surface area contributed by atoms with Gasteiger partial charge in [-0.2, -0.15) is 0 Å². The number of nitrogens with zero attached hydrogens (tertiary/aromatic N) is 5. The molecular weight excluding hydrogens is 1070 g/mol. The third kappa shape index (κ3) is 8.06. The molecule has 0 aliphatic carbocycles. The smallest absolute Gasteiger partial charge is 0.252 e. The van der Waals surface area contributed by atoms with Gasteiger partial charge < -0.3 is 23.5 Å². The molecule has 0 radical (unpaired) electrons. The van der Waals surface area contributed by atoms with E-state index in [1.165, 1.54) is 104 Å². The second kappa shape index (κ2) is 19.0. The van der Waals surface area contributed by atoms with Gasteiger partial charge in [-0.1, -0.05) is 204 Å². The van der Waals surface area contributed by atoms with E-state index in [-0.39, 0.29) is 28.4 Å². The van der Waals surface area contributed by atoms with Crippen molar-refractivity contribution in [3.8, 4) is 17.1 Å². The molecule has 0 spiro atoms. The van der Waals surface area contributed by atoms with Crippen LogP contribution in [0.25, 0.3) is 82.5 Å². The van der Waals surface area contributed by atoms with Crippen LogP contribution >= 0.6 is 0 Å². The number of aromatic nitrogens is 3. The van der Waals surface area contributed by atoms with Gasteiger partial charge in [0.25, 0.3) is 6.71 Å². The van der Waals surface area contributed by atoms with E-state index in [1.807, 2.05) is 0 Å². The first-order valence-electron chi connectivity index (χ1n) is 31.5. The Labute approximate surface area is 517 Å². The topological polar surface area (TPSA) is 21.3 Å². The SMILES string of the molecule is CC(C)(C)c1ccc2c(c1)c1cc(C(C)(C)C)cc3c1n2-c1cc(-n2c4c(N(c5ccccc5)c5ccccc5)cccc4c4cccc(N(c5ccccc5)c5ccccc5)c42)cc2c1B3c1cc(C(C)(C)C)cc3c4cc(C(C)(C)C)ccc4n-2c13. The maximum atomic E-state index is 2.69. The second-order valence-electron chi connectivity index (χ2n) is 29.1. The Morgan fingerprint density at radius 1 is 0.284 bits per heavy atom. The summed E-state index contributed by atoms with van der Waals surface area (Å²) in [6.07, 6.45) is 0. The van der Waals surface area contributed by atoms with Crippen molar-refractivity contribution >= 4 is 123 Å². The van der Waals surface area contributed by atoms with E-state index in [1.54, 1.807) is 0 Å². The van der Waals surface area contributed by atoms with Crippen molar-refractivity contribution in [1.82, 2.24) is 13.7 Å². The molecule has 11 aromatic carbocycles. The van der Waals surface area contributed by atoms with E-state index in [9.17, 15) is 0 Å². The maximum Gasteiger partial charge on any atom is 0.252 e. The van der Waals surface area contributed by atoms with Gasteiger partial charge >= 0.3 is 0 Å². The minimum Gasteiger partial charge on any atom is -0.310 e. The number of hydrogen-bond acceptors (Lipinski definition) is 2. The lowest BCUT2D eigenvalue weighted by Gasteiger charge is -2.36. The molecule has 0 saturated heterocycles. The first kappa shape index (κ1) is 53.9. The fourth-order valence-corrected chi connectivity index (χ4v) is 14.8. The lowest BCUT2D eigenvalue weighted by Crippen LogP contribution is -2.59. The third-order valence-electron chi connectivity index (χ3n) is 19.3. The largest absolute Gasteiger partial charge is 0.310 e. The quantitative estimate of drug-likeness (QED) is 0.148. The molecule has 5 nitrogen and oxygen atoms in total. The van der Waals surface area contributed by atoms with Crippen molar-refractivity contribution in [3.63, 3.8) is 0 Å². The number of rotatable bonds is 7.